The van der Waals surface area contributed by atoms with E-state index in [9.17, 15) is 9.59 Å². The van der Waals surface area contributed by atoms with Crippen molar-refractivity contribution in [3.05, 3.63) is 71.8 Å². The first-order valence-corrected chi connectivity index (χ1v) is 14.1. The first-order chi connectivity index (χ1) is 17.5. The summed E-state index contributed by atoms with van der Waals surface area (Å²) in [5, 5.41) is 0. The van der Waals surface area contributed by atoms with Gasteiger partial charge in [0.2, 0.25) is 0 Å². The van der Waals surface area contributed by atoms with E-state index in [2.05, 4.69) is 27.7 Å². The molecule has 2 aromatic rings. The number of unbranched alkanes of at least 4 members (excludes halogenated alkanes) is 4. The molecule has 36 heavy (non-hydrogen) atoms. The van der Waals surface area contributed by atoms with Gasteiger partial charge in [-0.3, -0.25) is 0 Å². The van der Waals surface area contributed by atoms with Gasteiger partial charge in [0.15, 0.2) is 0 Å². The Balaban J connectivity index is 2.32. The molecule has 0 saturated heterocycles. The van der Waals surface area contributed by atoms with E-state index in [1.165, 1.54) is 0 Å². The highest BCUT2D eigenvalue weighted by Crippen LogP contribution is 2.36. The van der Waals surface area contributed by atoms with Crippen LogP contribution in [0.1, 0.15) is 113 Å². The van der Waals surface area contributed by atoms with Gasteiger partial charge in [-0.1, -0.05) is 103 Å². The number of hydrogen-bond donors (Lipinski definition) is 0. The molecule has 0 amide bonds. The van der Waals surface area contributed by atoms with Crippen LogP contribution in [-0.2, 0) is 9.47 Å². The van der Waals surface area contributed by atoms with E-state index in [4.69, 9.17) is 9.47 Å². The van der Waals surface area contributed by atoms with Crippen molar-refractivity contribution in [1.82, 2.24) is 0 Å². The van der Waals surface area contributed by atoms with Crippen LogP contribution in [0.5, 0.6) is 0 Å². The maximum atomic E-state index is 13.0. The summed E-state index contributed by atoms with van der Waals surface area (Å²) in [4.78, 5) is 26.1. The molecule has 4 unspecified atom stereocenters. The average Bonchev–Trinajstić information content (AvgIpc) is 2.92. The minimum absolute atomic E-state index is 0.139. The highest BCUT2D eigenvalue weighted by Gasteiger charge is 2.37. The van der Waals surface area contributed by atoms with Crippen molar-refractivity contribution >= 4 is 11.9 Å². The molecular formula is C32H46O4. The fourth-order valence-corrected chi connectivity index (χ4v) is 5.12. The molecule has 0 radical (unpaired) electrons. The van der Waals surface area contributed by atoms with E-state index in [1.807, 2.05) is 36.4 Å². The molecule has 2 aromatic carbocycles. The van der Waals surface area contributed by atoms with Crippen molar-refractivity contribution in [2.24, 2.45) is 11.8 Å². The van der Waals surface area contributed by atoms with E-state index in [-0.39, 0.29) is 36.0 Å². The molecule has 0 bridgehead atoms. The van der Waals surface area contributed by atoms with Crippen molar-refractivity contribution in [2.75, 3.05) is 0 Å². The zero-order chi connectivity index (χ0) is 26.2. The predicted molar refractivity (Wildman–Crippen MR) is 147 cm³/mol. The van der Waals surface area contributed by atoms with Crippen LogP contribution in [-0.4, -0.2) is 24.1 Å². The molecule has 0 aromatic heterocycles. The Bertz CT molecular complexity index is 791. The van der Waals surface area contributed by atoms with Gasteiger partial charge in [-0.25, -0.2) is 9.59 Å². The van der Waals surface area contributed by atoms with Crippen LogP contribution < -0.4 is 0 Å². The molecule has 2 rings (SSSR count). The van der Waals surface area contributed by atoms with Gasteiger partial charge in [-0.2, -0.15) is 0 Å². The first kappa shape index (κ1) is 29.6. The van der Waals surface area contributed by atoms with Crippen LogP contribution in [0.25, 0.3) is 0 Å². The zero-order valence-corrected chi connectivity index (χ0v) is 22.8. The van der Waals surface area contributed by atoms with Crippen LogP contribution >= 0.6 is 0 Å². The van der Waals surface area contributed by atoms with Gasteiger partial charge >= 0.3 is 11.9 Å². The van der Waals surface area contributed by atoms with Crippen LogP contribution in [0.2, 0.25) is 0 Å². The molecule has 4 heteroatoms. The highest BCUT2D eigenvalue weighted by atomic mass is 16.6. The van der Waals surface area contributed by atoms with Gasteiger partial charge in [0.25, 0.3) is 0 Å². The third-order valence-corrected chi connectivity index (χ3v) is 7.13. The van der Waals surface area contributed by atoms with Gasteiger partial charge in [0.1, 0.15) is 12.2 Å². The van der Waals surface area contributed by atoms with Crippen molar-refractivity contribution in [2.45, 2.75) is 104 Å². The van der Waals surface area contributed by atoms with E-state index >= 15 is 0 Å². The van der Waals surface area contributed by atoms with Crippen LogP contribution in [0.3, 0.4) is 0 Å². The van der Waals surface area contributed by atoms with E-state index in [1.54, 1.807) is 24.3 Å². The zero-order valence-electron chi connectivity index (χ0n) is 22.8. The Morgan fingerprint density at radius 3 is 1.25 bits per heavy atom. The van der Waals surface area contributed by atoms with Crippen LogP contribution in [0.15, 0.2) is 60.7 Å². The maximum absolute atomic E-state index is 13.0. The van der Waals surface area contributed by atoms with Crippen LogP contribution in [0.4, 0.5) is 0 Å². The molecule has 0 N–H and O–H groups in total. The molecule has 0 heterocycles. The second-order valence-electron chi connectivity index (χ2n) is 9.76. The Labute approximate surface area is 218 Å². The maximum Gasteiger partial charge on any atom is 0.338 e. The predicted octanol–water partition coefficient (Wildman–Crippen LogP) is 8.65. The number of rotatable bonds is 17. The van der Waals surface area contributed by atoms with Crippen molar-refractivity contribution < 1.29 is 19.1 Å². The fraction of sp³-hybridized carbons (Fsp3) is 0.562. The number of ether oxygens (including phenoxy) is 2. The third-order valence-electron chi connectivity index (χ3n) is 7.13. The van der Waals surface area contributed by atoms with Crippen molar-refractivity contribution in [3.8, 4) is 0 Å². The largest absolute Gasteiger partial charge is 0.458 e. The molecule has 4 atom stereocenters. The second kappa shape index (κ2) is 16.9. The molecule has 0 aliphatic heterocycles. The smallest absolute Gasteiger partial charge is 0.338 e. The number of carbonyl (C=O) groups excluding carboxylic acids is 2. The van der Waals surface area contributed by atoms with Gasteiger partial charge in [-0.15, -0.1) is 0 Å². The summed E-state index contributed by atoms with van der Waals surface area (Å²) in [6, 6.07) is 18.5. The molecule has 0 aliphatic rings. The molecule has 0 spiro atoms. The van der Waals surface area contributed by atoms with Crippen molar-refractivity contribution in [1.29, 1.82) is 0 Å². The highest BCUT2D eigenvalue weighted by molar-refractivity contribution is 5.90. The van der Waals surface area contributed by atoms with E-state index in [0.29, 0.717) is 11.1 Å². The van der Waals surface area contributed by atoms with E-state index in [0.717, 1.165) is 64.2 Å². The van der Waals surface area contributed by atoms with Crippen LogP contribution in [0, 0.1) is 11.8 Å². The van der Waals surface area contributed by atoms with E-state index < -0.39 is 0 Å². The van der Waals surface area contributed by atoms with Crippen molar-refractivity contribution in [3.63, 3.8) is 0 Å². The average molecular weight is 495 g/mol. The Hall–Kier alpha value is -2.62. The summed E-state index contributed by atoms with van der Waals surface area (Å²) in [5.74, 6) is -0.270. The number of carbonyl (C=O) groups is 2. The lowest BCUT2D eigenvalue weighted by Crippen LogP contribution is -2.39. The van der Waals surface area contributed by atoms with Gasteiger partial charge in [0, 0.05) is 11.8 Å². The summed E-state index contributed by atoms with van der Waals surface area (Å²) in [7, 11) is 0. The summed E-state index contributed by atoms with van der Waals surface area (Å²) in [6.45, 7) is 8.60. The monoisotopic (exact) mass is 494 g/mol. The number of hydrogen-bond acceptors (Lipinski definition) is 4. The number of esters is 2. The summed E-state index contributed by atoms with van der Waals surface area (Å²) < 4.78 is 12.3. The molecule has 0 fully saturated rings. The quantitative estimate of drug-likeness (QED) is 0.163. The SMILES string of the molecule is CCCCCC(C(CC)OC(=O)c1ccccc1)C(CCCCC)C(CC)OC(=O)c1ccccc1. The fourth-order valence-electron chi connectivity index (χ4n) is 5.12. The van der Waals surface area contributed by atoms with Gasteiger partial charge < -0.3 is 9.47 Å². The summed E-state index contributed by atoms with van der Waals surface area (Å²) in [6.07, 6.45) is 9.67. The topological polar surface area (TPSA) is 52.6 Å². The summed E-state index contributed by atoms with van der Waals surface area (Å²) in [5.41, 5.74) is 1.15. The third kappa shape index (κ3) is 9.44. The van der Waals surface area contributed by atoms with Gasteiger partial charge in [0.05, 0.1) is 11.1 Å². The molecule has 4 nitrogen and oxygen atoms in total. The molecular weight excluding hydrogens is 448 g/mol. The Morgan fingerprint density at radius 1 is 0.583 bits per heavy atom. The molecule has 0 saturated carbocycles. The molecule has 0 aliphatic carbocycles. The lowest BCUT2D eigenvalue weighted by Gasteiger charge is -2.37. The standard InChI is InChI=1S/C32H46O4/c1-5-9-13-23-27(29(7-3)35-31(33)25-19-15-11-16-20-25)28(24-14-10-6-2)30(8-4)36-32(34)26-21-17-12-18-22-26/h11-12,15-22,27-30H,5-10,13-14,23-24H2,1-4H3. The Morgan fingerprint density at radius 2 is 0.944 bits per heavy atom. The number of benzene rings is 2. The minimum atomic E-state index is -0.274. The first-order valence-electron chi connectivity index (χ1n) is 14.1. The van der Waals surface area contributed by atoms with Gasteiger partial charge in [-0.05, 0) is 49.9 Å². The lowest BCUT2D eigenvalue weighted by atomic mass is 9.75. The molecule has 198 valence electrons. The second-order valence-corrected chi connectivity index (χ2v) is 9.76. The normalized spacial score (nSPS) is 14.4. The summed E-state index contributed by atoms with van der Waals surface area (Å²) >= 11 is 0. The lowest BCUT2D eigenvalue weighted by molar-refractivity contribution is -0.0403. The minimum Gasteiger partial charge on any atom is -0.458 e. The Kier molecular flexibility index (Phi) is 13.9.